The minimum absolute atomic E-state index is 0.0321. The van der Waals surface area contributed by atoms with E-state index in [1.54, 1.807) is 30.5 Å². The summed E-state index contributed by atoms with van der Waals surface area (Å²) in [5.41, 5.74) is 0.580. The van der Waals surface area contributed by atoms with E-state index in [-0.39, 0.29) is 5.91 Å². The number of hydrogen-bond donors (Lipinski definition) is 0. The third kappa shape index (κ3) is 4.73. The Labute approximate surface area is 118 Å². The van der Waals surface area contributed by atoms with Gasteiger partial charge in [0, 0.05) is 42.4 Å². The lowest BCUT2D eigenvalue weighted by atomic mass is 10.2. The Morgan fingerprint density at radius 1 is 1.47 bits per heavy atom. The number of rotatable bonds is 6. The van der Waals surface area contributed by atoms with E-state index in [1.807, 2.05) is 0 Å². The number of methoxy groups -OCH3 is 1. The molecular formula is C11H14Br2N2O2. The molecule has 0 saturated heterocycles. The topological polar surface area (TPSA) is 42.4 Å². The number of aromatic nitrogens is 1. The Morgan fingerprint density at radius 3 is 2.82 bits per heavy atom. The van der Waals surface area contributed by atoms with Gasteiger partial charge in [0.2, 0.25) is 0 Å². The summed E-state index contributed by atoms with van der Waals surface area (Å²) in [6, 6.07) is 1.77. The number of halogens is 2. The molecule has 0 atom stereocenters. The predicted molar refractivity (Wildman–Crippen MR) is 73.5 cm³/mol. The van der Waals surface area contributed by atoms with Gasteiger partial charge in [-0.25, -0.2) is 0 Å². The van der Waals surface area contributed by atoms with Crippen molar-refractivity contribution in [3.05, 3.63) is 28.5 Å². The molecule has 0 spiro atoms. The SMILES string of the molecule is COCCN(CCBr)C(=O)c1cncc(Br)c1. The van der Waals surface area contributed by atoms with Gasteiger partial charge in [0.15, 0.2) is 0 Å². The summed E-state index contributed by atoms with van der Waals surface area (Å²) in [7, 11) is 1.62. The van der Waals surface area contributed by atoms with E-state index in [9.17, 15) is 4.79 Å². The van der Waals surface area contributed by atoms with Crippen LogP contribution < -0.4 is 0 Å². The van der Waals surface area contributed by atoms with Crippen molar-refractivity contribution in [1.82, 2.24) is 9.88 Å². The van der Waals surface area contributed by atoms with Crippen LogP contribution in [0, 0.1) is 0 Å². The number of carbonyl (C=O) groups is 1. The number of nitrogens with zero attached hydrogens (tertiary/aromatic N) is 2. The molecule has 1 aromatic rings. The zero-order valence-corrected chi connectivity index (χ0v) is 12.7. The molecule has 0 saturated carbocycles. The molecule has 94 valence electrons. The summed E-state index contributed by atoms with van der Waals surface area (Å²) in [5, 5.41) is 0.740. The molecule has 1 aromatic heterocycles. The molecule has 0 radical (unpaired) electrons. The third-order valence-electron chi connectivity index (χ3n) is 2.16. The van der Waals surface area contributed by atoms with Crippen LogP contribution in [0.5, 0.6) is 0 Å². The van der Waals surface area contributed by atoms with Crippen LogP contribution in [0.15, 0.2) is 22.9 Å². The van der Waals surface area contributed by atoms with E-state index >= 15 is 0 Å². The minimum atomic E-state index is -0.0321. The van der Waals surface area contributed by atoms with Crippen LogP contribution in [0.2, 0.25) is 0 Å². The summed E-state index contributed by atoms with van der Waals surface area (Å²) >= 11 is 6.64. The van der Waals surface area contributed by atoms with E-state index in [2.05, 4.69) is 36.8 Å². The molecule has 0 aliphatic heterocycles. The fourth-order valence-electron chi connectivity index (χ4n) is 1.33. The van der Waals surface area contributed by atoms with Crippen molar-refractivity contribution in [3.8, 4) is 0 Å². The minimum Gasteiger partial charge on any atom is -0.383 e. The zero-order chi connectivity index (χ0) is 12.7. The first kappa shape index (κ1) is 14.6. The number of pyridine rings is 1. The molecule has 0 aromatic carbocycles. The summed E-state index contributed by atoms with van der Waals surface area (Å²) in [6.45, 7) is 1.75. The van der Waals surface area contributed by atoms with Gasteiger partial charge in [-0.1, -0.05) is 15.9 Å². The summed E-state index contributed by atoms with van der Waals surface area (Å²) in [4.78, 5) is 17.9. The predicted octanol–water partition coefficient (Wildman–Crippen LogP) is 2.33. The van der Waals surface area contributed by atoms with E-state index in [0.717, 1.165) is 9.80 Å². The maximum Gasteiger partial charge on any atom is 0.255 e. The van der Waals surface area contributed by atoms with E-state index in [0.29, 0.717) is 25.3 Å². The molecule has 0 bridgehead atoms. The quantitative estimate of drug-likeness (QED) is 0.726. The van der Waals surface area contributed by atoms with Crippen molar-refractivity contribution in [2.75, 3.05) is 32.1 Å². The van der Waals surface area contributed by atoms with Gasteiger partial charge in [-0.05, 0) is 22.0 Å². The first-order valence-electron chi connectivity index (χ1n) is 5.13. The first-order chi connectivity index (χ1) is 8.19. The standard InChI is InChI=1S/C11H14Br2N2O2/c1-17-5-4-15(3-2-12)11(16)9-6-10(13)8-14-7-9/h6-8H,2-5H2,1H3. The average Bonchev–Trinajstić information content (AvgIpc) is 2.33. The Balaban J connectivity index is 2.76. The van der Waals surface area contributed by atoms with Gasteiger partial charge in [0.25, 0.3) is 5.91 Å². The molecule has 4 nitrogen and oxygen atoms in total. The van der Waals surface area contributed by atoms with Crippen LogP contribution in [0.25, 0.3) is 0 Å². The van der Waals surface area contributed by atoms with Gasteiger partial charge in [0.1, 0.15) is 0 Å². The number of hydrogen-bond acceptors (Lipinski definition) is 3. The van der Waals surface area contributed by atoms with Crippen molar-refractivity contribution >= 4 is 37.8 Å². The van der Waals surface area contributed by atoms with Crippen LogP contribution in [-0.4, -0.2) is 47.9 Å². The number of ether oxygens (including phenoxy) is 1. The molecule has 6 heteroatoms. The van der Waals surface area contributed by atoms with Crippen LogP contribution in [0.3, 0.4) is 0 Å². The highest BCUT2D eigenvalue weighted by Crippen LogP contribution is 2.11. The highest BCUT2D eigenvalue weighted by atomic mass is 79.9. The van der Waals surface area contributed by atoms with Gasteiger partial charge in [-0.2, -0.15) is 0 Å². The Bertz CT molecular complexity index is 374. The maximum absolute atomic E-state index is 12.2. The second kappa shape index (κ2) is 7.79. The molecule has 1 heterocycles. The van der Waals surface area contributed by atoms with Crippen molar-refractivity contribution in [1.29, 1.82) is 0 Å². The second-order valence-corrected chi connectivity index (χ2v) is 5.07. The van der Waals surface area contributed by atoms with E-state index in [4.69, 9.17) is 4.74 Å². The van der Waals surface area contributed by atoms with Crippen LogP contribution in [0.4, 0.5) is 0 Å². The summed E-state index contributed by atoms with van der Waals surface area (Å²) in [5.74, 6) is -0.0321. The van der Waals surface area contributed by atoms with Crippen molar-refractivity contribution in [2.45, 2.75) is 0 Å². The molecule has 0 unspecified atom stereocenters. The van der Waals surface area contributed by atoms with Gasteiger partial charge >= 0.3 is 0 Å². The van der Waals surface area contributed by atoms with E-state index < -0.39 is 0 Å². The Morgan fingerprint density at radius 2 is 2.24 bits per heavy atom. The van der Waals surface area contributed by atoms with Gasteiger partial charge in [0.05, 0.1) is 12.2 Å². The maximum atomic E-state index is 12.2. The van der Waals surface area contributed by atoms with Crippen LogP contribution >= 0.6 is 31.9 Å². The molecule has 1 rings (SSSR count). The molecule has 0 aliphatic carbocycles. The Hall–Kier alpha value is -0.460. The lowest BCUT2D eigenvalue weighted by molar-refractivity contribution is 0.0708. The van der Waals surface area contributed by atoms with Gasteiger partial charge in [-0.3, -0.25) is 9.78 Å². The normalized spacial score (nSPS) is 10.3. The van der Waals surface area contributed by atoms with Crippen molar-refractivity contribution < 1.29 is 9.53 Å². The number of amides is 1. The monoisotopic (exact) mass is 364 g/mol. The largest absolute Gasteiger partial charge is 0.383 e. The summed E-state index contributed by atoms with van der Waals surface area (Å²) < 4.78 is 5.79. The third-order valence-corrected chi connectivity index (χ3v) is 2.95. The van der Waals surface area contributed by atoms with Gasteiger partial charge < -0.3 is 9.64 Å². The smallest absolute Gasteiger partial charge is 0.255 e. The summed E-state index contributed by atoms with van der Waals surface area (Å²) in [6.07, 6.45) is 3.22. The highest BCUT2D eigenvalue weighted by molar-refractivity contribution is 9.10. The lowest BCUT2D eigenvalue weighted by Gasteiger charge is -2.21. The zero-order valence-electron chi connectivity index (χ0n) is 9.53. The fraction of sp³-hybridized carbons (Fsp3) is 0.455. The average molecular weight is 366 g/mol. The molecule has 1 amide bonds. The number of carbonyl (C=O) groups excluding carboxylic acids is 1. The van der Waals surface area contributed by atoms with Crippen LogP contribution in [-0.2, 0) is 4.74 Å². The highest BCUT2D eigenvalue weighted by Gasteiger charge is 2.15. The fourth-order valence-corrected chi connectivity index (χ4v) is 2.12. The molecule has 0 fully saturated rings. The van der Waals surface area contributed by atoms with Gasteiger partial charge in [-0.15, -0.1) is 0 Å². The van der Waals surface area contributed by atoms with Crippen molar-refractivity contribution in [2.24, 2.45) is 0 Å². The second-order valence-electron chi connectivity index (χ2n) is 3.37. The molecule has 0 aliphatic rings. The molecule has 0 N–H and O–H groups in total. The lowest BCUT2D eigenvalue weighted by Crippen LogP contribution is -2.35. The van der Waals surface area contributed by atoms with Crippen LogP contribution in [0.1, 0.15) is 10.4 Å². The number of alkyl halides is 1. The van der Waals surface area contributed by atoms with E-state index in [1.165, 1.54) is 0 Å². The first-order valence-corrected chi connectivity index (χ1v) is 7.05. The Kier molecular flexibility index (Phi) is 6.69. The molecular weight excluding hydrogens is 352 g/mol. The molecule has 17 heavy (non-hydrogen) atoms. The van der Waals surface area contributed by atoms with Crippen molar-refractivity contribution in [3.63, 3.8) is 0 Å².